The smallest absolute Gasteiger partial charge is 0.0459 e. The van der Waals surface area contributed by atoms with Crippen LogP contribution < -0.4 is 0 Å². The number of methoxy groups -OCH3 is 2. The average Bonchev–Trinajstić information content (AvgIpc) is 2.12. The van der Waals surface area contributed by atoms with Crippen molar-refractivity contribution in [2.24, 2.45) is 0 Å². The molecule has 0 aliphatic rings. The van der Waals surface area contributed by atoms with Crippen LogP contribution in [-0.4, -0.2) is 27.4 Å². The highest BCUT2D eigenvalue weighted by atomic mass is 16.5. The highest BCUT2D eigenvalue weighted by Crippen LogP contribution is 1.71. The Morgan fingerprint density at radius 2 is 1.00 bits per heavy atom. The van der Waals surface area contributed by atoms with Gasteiger partial charge in [0.05, 0.1) is 0 Å². The van der Waals surface area contributed by atoms with Crippen molar-refractivity contribution in [3.8, 4) is 0 Å². The molecule has 0 saturated heterocycles. The molecule has 0 N–H and O–H groups in total. The largest absolute Gasteiger partial charge is 0.385 e. The van der Waals surface area contributed by atoms with Crippen LogP contribution in [0.4, 0.5) is 0 Å². The van der Waals surface area contributed by atoms with Crippen molar-refractivity contribution in [3.63, 3.8) is 0 Å². The number of rotatable bonds is 4. The molecule has 0 aliphatic heterocycles. The van der Waals surface area contributed by atoms with Gasteiger partial charge in [-0.3, -0.25) is 0 Å². The summed E-state index contributed by atoms with van der Waals surface area (Å²) in [5, 5.41) is 0. The minimum absolute atomic E-state index is 0.889. The summed E-state index contributed by atoms with van der Waals surface area (Å²) < 4.78 is 9.38. The van der Waals surface area contributed by atoms with Crippen molar-refractivity contribution in [3.05, 3.63) is 0 Å². The predicted octanol–water partition coefficient (Wildman–Crippen LogP) is 3.11. The fraction of sp³-hybridized carbons (Fsp3) is 1.00. The van der Waals surface area contributed by atoms with E-state index in [1.807, 2.05) is 13.8 Å². The lowest BCUT2D eigenvalue weighted by molar-refractivity contribution is 0.199. The maximum atomic E-state index is 4.69. The lowest BCUT2D eigenvalue weighted by Gasteiger charge is -1.84. The second-order valence-corrected chi connectivity index (χ2v) is 1.99. The summed E-state index contributed by atoms with van der Waals surface area (Å²) in [6.45, 7) is 9.95. The Morgan fingerprint density at radius 3 is 1.00 bits per heavy atom. The summed E-state index contributed by atoms with van der Waals surface area (Å²) in [4.78, 5) is 0. The van der Waals surface area contributed by atoms with Crippen molar-refractivity contribution in [1.82, 2.24) is 0 Å². The molecular weight excluding hydrogens is 152 g/mol. The third-order valence-electron chi connectivity index (χ3n) is 0.816. The van der Waals surface area contributed by atoms with Crippen molar-refractivity contribution < 1.29 is 9.47 Å². The number of ether oxygens (including phenoxy) is 2. The first kappa shape index (κ1) is 17.9. The second-order valence-electron chi connectivity index (χ2n) is 1.99. The molecule has 0 rings (SSSR count). The molecule has 0 fully saturated rings. The SMILES string of the molecule is CC.CCCOC.CCCOC. The van der Waals surface area contributed by atoms with Gasteiger partial charge in [0, 0.05) is 27.4 Å². The van der Waals surface area contributed by atoms with Crippen LogP contribution in [0.2, 0.25) is 0 Å². The Bertz CT molecular complexity index is 28.8. The molecule has 2 heteroatoms. The monoisotopic (exact) mass is 178 g/mol. The molecule has 0 unspecified atom stereocenters. The van der Waals surface area contributed by atoms with Gasteiger partial charge in [-0.1, -0.05) is 27.7 Å². The summed E-state index contributed by atoms with van der Waals surface area (Å²) in [6.07, 6.45) is 2.24. The topological polar surface area (TPSA) is 18.5 Å². The van der Waals surface area contributed by atoms with Crippen LogP contribution in [0, 0.1) is 0 Å². The van der Waals surface area contributed by atoms with Crippen LogP contribution in [-0.2, 0) is 9.47 Å². The number of hydrogen-bond donors (Lipinski definition) is 0. The molecule has 0 heterocycles. The van der Waals surface area contributed by atoms with E-state index in [0.29, 0.717) is 0 Å². The molecule has 0 saturated carbocycles. The van der Waals surface area contributed by atoms with Gasteiger partial charge in [-0.05, 0) is 12.8 Å². The number of hydrogen-bond acceptors (Lipinski definition) is 2. The maximum Gasteiger partial charge on any atom is 0.0459 e. The molecule has 12 heavy (non-hydrogen) atoms. The van der Waals surface area contributed by atoms with Gasteiger partial charge in [-0.15, -0.1) is 0 Å². The summed E-state index contributed by atoms with van der Waals surface area (Å²) >= 11 is 0. The van der Waals surface area contributed by atoms with E-state index < -0.39 is 0 Å². The van der Waals surface area contributed by atoms with Gasteiger partial charge in [-0.25, -0.2) is 0 Å². The third kappa shape index (κ3) is 51.4. The Kier molecular flexibility index (Phi) is 45.6. The maximum absolute atomic E-state index is 4.69. The standard InChI is InChI=1S/2C4H10O.C2H6/c2*1-3-4-5-2;1-2/h2*3-4H2,1-2H3;1-2H3. The summed E-state index contributed by atoms with van der Waals surface area (Å²) in [7, 11) is 3.42. The van der Waals surface area contributed by atoms with Crippen molar-refractivity contribution in [2.75, 3.05) is 27.4 Å². The van der Waals surface area contributed by atoms with Crippen LogP contribution in [0.25, 0.3) is 0 Å². The Labute approximate surface area is 78.3 Å². The lowest BCUT2D eigenvalue weighted by atomic mass is 10.5. The molecule has 2 nitrogen and oxygen atoms in total. The zero-order chi connectivity index (χ0) is 10.2. The van der Waals surface area contributed by atoms with E-state index in [2.05, 4.69) is 13.8 Å². The highest BCUT2D eigenvalue weighted by Gasteiger charge is 1.66. The van der Waals surface area contributed by atoms with E-state index in [9.17, 15) is 0 Å². The van der Waals surface area contributed by atoms with Crippen molar-refractivity contribution in [1.29, 1.82) is 0 Å². The first-order valence-corrected chi connectivity index (χ1v) is 4.81. The minimum atomic E-state index is 0.889. The fourth-order valence-electron chi connectivity index (χ4n) is 0.408. The Balaban J connectivity index is -0.000000112. The summed E-state index contributed by atoms with van der Waals surface area (Å²) in [6, 6.07) is 0. The van der Waals surface area contributed by atoms with Gasteiger partial charge in [0.2, 0.25) is 0 Å². The summed E-state index contributed by atoms with van der Waals surface area (Å²) in [5.74, 6) is 0. The van der Waals surface area contributed by atoms with E-state index in [0.717, 1.165) is 26.1 Å². The Morgan fingerprint density at radius 1 is 0.750 bits per heavy atom. The van der Waals surface area contributed by atoms with Crippen LogP contribution in [0.1, 0.15) is 40.5 Å². The summed E-state index contributed by atoms with van der Waals surface area (Å²) in [5.41, 5.74) is 0. The van der Waals surface area contributed by atoms with Gasteiger partial charge in [-0.2, -0.15) is 0 Å². The fourth-order valence-corrected chi connectivity index (χ4v) is 0.408. The van der Waals surface area contributed by atoms with Crippen LogP contribution >= 0.6 is 0 Å². The van der Waals surface area contributed by atoms with Gasteiger partial charge in [0.1, 0.15) is 0 Å². The minimum Gasteiger partial charge on any atom is -0.385 e. The molecular formula is C10H26O2. The molecule has 0 radical (unpaired) electrons. The molecule has 0 amide bonds. The van der Waals surface area contributed by atoms with Crippen LogP contribution in [0.15, 0.2) is 0 Å². The molecule has 78 valence electrons. The zero-order valence-electron chi connectivity index (χ0n) is 9.64. The molecule has 0 aliphatic carbocycles. The van der Waals surface area contributed by atoms with Gasteiger partial charge >= 0.3 is 0 Å². The van der Waals surface area contributed by atoms with E-state index in [1.54, 1.807) is 14.2 Å². The van der Waals surface area contributed by atoms with E-state index in [4.69, 9.17) is 9.47 Å². The van der Waals surface area contributed by atoms with Crippen LogP contribution in [0.5, 0.6) is 0 Å². The van der Waals surface area contributed by atoms with Gasteiger partial charge in [0.25, 0.3) is 0 Å². The van der Waals surface area contributed by atoms with E-state index in [1.165, 1.54) is 0 Å². The first-order chi connectivity index (χ1) is 5.83. The van der Waals surface area contributed by atoms with E-state index >= 15 is 0 Å². The molecule has 0 aromatic rings. The van der Waals surface area contributed by atoms with Crippen molar-refractivity contribution >= 4 is 0 Å². The highest BCUT2D eigenvalue weighted by molar-refractivity contribution is 4.15. The third-order valence-corrected chi connectivity index (χ3v) is 0.816. The average molecular weight is 178 g/mol. The molecule has 0 atom stereocenters. The quantitative estimate of drug-likeness (QED) is 0.658. The molecule has 0 bridgehead atoms. The first-order valence-electron chi connectivity index (χ1n) is 4.81. The Hall–Kier alpha value is -0.0800. The normalized spacial score (nSPS) is 7.50. The van der Waals surface area contributed by atoms with Crippen LogP contribution in [0.3, 0.4) is 0 Å². The molecule has 0 aromatic carbocycles. The molecule has 0 aromatic heterocycles. The van der Waals surface area contributed by atoms with Crippen molar-refractivity contribution in [2.45, 2.75) is 40.5 Å². The predicted molar refractivity (Wildman–Crippen MR) is 55.7 cm³/mol. The second kappa shape index (κ2) is 30.7. The lowest BCUT2D eigenvalue weighted by Crippen LogP contribution is -1.80. The van der Waals surface area contributed by atoms with E-state index in [-0.39, 0.29) is 0 Å². The van der Waals surface area contributed by atoms with Gasteiger partial charge < -0.3 is 9.47 Å². The van der Waals surface area contributed by atoms with Gasteiger partial charge in [0.15, 0.2) is 0 Å². The molecule has 0 spiro atoms. The zero-order valence-corrected chi connectivity index (χ0v) is 9.64.